The first kappa shape index (κ1) is 12.5. The molecular weight excluding hydrogens is 240 g/mol. The summed E-state index contributed by atoms with van der Waals surface area (Å²) < 4.78 is 1.44. The van der Waals surface area contributed by atoms with Gasteiger partial charge in [-0.1, -0.05) is 6.42 Å². The number of aryl methyl sites for hydroxylation is 1. The van der Waals surface area contributed by atoms with Crippen molar-refractivity contribution < 1.29 is 4.79 Å². The summed E-state index contributed by atoms with van der Waals surface area (Å²) in [5.74, 6) is 2.32. The highest BCUT2D eigenvalue weighted by Gasteiger charge is 2.39. The Labute approximate surface area is 112 Å². The summed E-state index contributed by atoms with van der Waals surface area (Å²) in [7, 11) is 1.66. The number of carbonyl (C=O) groups excluding carboxylic acids is 1. The number of pyridine rings is 1. The molecule has 2 aliphatic rings. The third-order valence-corrected chi connectivity index (χ3v) is 4.76. The topological polar surface area (TPSA) is 51.1 Å². The summed E-state index contributed by atoms with van der Waals surface area (Å²) >= 11 is 0. The van der Waals surface area contributed by atoms with E-state index in [2.05, 4.69) is 5.32 Å². The minimum atomic E-state index is -0.0929. The van der Waals surface area contributed by atoms with Crippen LogP contribution in [0.2, 0.25) is 0 Å². The molecule has 2 bridgehead atoms. The van der Waals surface area contributed by atoms with Gasteiger partial charge in [-0.3, -0.25) is 9.59 Å². The molecule has 102 valence electrons. The van der Waals surface area contributed by atoms with E-state index in [1.807, 2.05) is 0 Å². The summed E-state index contributed by atoms with van der Waals surface area (Å²) in [4.78, 5) is 23.3. The Morgan fingerprint density at radius 2 is 2.21 bits per heavy atom. The number of carbonyl (C=O) groups is 1. The Bertz CT molecular complexity index is 549. The van der Waals surface area contributed by atoms with Crippen LogP contribution in [-0.4, -0.2) is 17.0 Å². The van der Waals surface area contributed by atoms with Crippen molar-refractivity contribution in [3.05, 3.63) is 34.2 Å². The number of rotatable bonds is 3. The second-order valence-corrected chi connectivity index (χ2v) is 6.01. The van der Waals surface area contributed by atoms with Gasteiger partial charge in [-0.15, -0.1) is 0 Å². The molecule has 0 spiro atoms. The van der Waals surface area contributed by atoms with E-state index < -0.39 is 0 Å². The maximum absolute atomic E-state index is 12.0. The van der Waals surface area contributed by atoms with Crippen molar-refractivity contribution >= 4 is 5.91 Å². The van der Waals surface area contributed by atoms with Crippen molar-refractivity contribution in [1.82, 2.24) is 9.88 Å². The third kappa shape index (κ3) is 2.44. The number of hydrogen-bond donors (Lipinski definition) is 1. The highest BCUT2D eigenvalue weighted by molar-refractivity contribution is 5.93. The maximum atomic E-state index is 12.0. The van der Waals surface area contributed by atoms with Gasteiger partial charge in [0.15, 0.2) is 0 Å². The van der Waals surface area contributed by atoms with Crippen molar-refractivity contribution in [3.8, 4) is 0 Å². The minimum Gasteiger partial charge on any atom is -0.352 e. The van der Waals surface area contributed by atoms with Gasteiger partial charge in [-0.25, -0.2) is 0 Å². The van der Waals surface area contributed by atoms with E-state index in [1.165, 1.54) is 36.3 Å². The number of nitrogens with one attached hydrogen (secondary N) is 1. The molecule has 1 aromatic rings. The molecule has 0 unspecified atom stereocenters. The molecule has 0 aliphatic heterocycles. The van der Waals surface area contributed by atoms with Gasteiger partial charge in [-0.05, 0) is 43.1 Å². The average molecular weight is 260 g/mol. The molecule has 4 heteroatoms. The van der Waals surface area contributed by atoms with Gasteiger partial charge in [-0.2, -0.15) is 0 Å². The van der Waals surface area contributed by atoms with Crippen LogP contribution >= 0.6 is 0 Å². The maximum Gasteiger partial charge on any atom is 0.252 e. The SMILES string of the molecule is Cn1cc(C(=O)NC[C@@H]2C[C@H]3CC[C@H]2C3)ccc1=O. The molecule has 2 aliphatic carbocycles. The summed E-state index contributed by atoms with van der Waals surface area (Å²) in [6, 6.07) is 3.03. The molecule has 2 fully saturated rings. The molecule has 1 amide bonds. The second-order valence-electron chi connectivity index (χ2n) is 6.01. The number of aromatic nitrogens is 1. The Hall–Kier alpha value is -1.58. The summed E-state index contributed by atoms with van der Waals surface area (Å²) in [5.41, 5.74) is 0.468. The van der Waals surface area contributed by atoms with Gasteiger partial charge in [0, 0.05) is 25.9 Å². The van der Waals surface area contributed by atoms with E-state index >= 15 is 0 Å². The van der Waals surface area contributed by atoms with Gasteiger partial charge < -0.3 is 9.88 Å². The Morgan fingerprint density at radius 1 is 1.37 bits per heavy atom. The monoisotopic (exact) mass is 260 g/mol. The minimum absolute atomic E-state index is 0.0710. The Kier molecular flexibility index (Phi) is 3.17. The lowest BCUT2D eigenvalue weighted by atomic mass is 9.89. The number of amides is 1. The molecule has 0 aromatic carbocycles. The van der Waals surface area contributed by atoms with E-state index in [0.717, 1.165) is 18.4 Å². The lowest BCUT2D eigenvalue weighted by Gasteiger charge is -2.21. The Morgan fingerprint density at radius 3 is 2.84 bits per heavy atom. The normalized spacial score (nSPS) is 28.6. The summed E-state index contributed by atoms with van der Waals surface area (Å²) in [5, 5.41) is 3.02. The van der Waals surface area contributed by atoms with E-state index in [9.17, 15) is 9.59 Å². The van der Waals surface area contributed by atoms with E-state index in [4.69, 9.17) is 0 Å². The molecule has 1 N–H and O–H groups in total. The molecule has 2 saturated carbocycles. The zero-order valence-electron chi connectivity index (χ0n) is 11.3. The summed E-state index contributed by atoms with van der Waals surface area (Å²) in [6.07, 6.45) is 6.96. The van der Waals surface area contributed by atoms with Crippen LogP contribution in [0.3, 0.4) is 0 Å². The predicted molar refractivity (Wildman–Crippen MR) is 73.0 cm³/mol. The van der Waals surface area contributed by atoms with Gasteiger partial charge >= 0.3 is 0 Å². The van der Waals surface area contributed by atoms with Crippen LogP contribution < -0.4 is 10.9 Å². The van der Waals surface area contributed by atoms with Gasteiger partial charge in [0.1, 0.15) is 0 Å². The van der Waals surface area contributed by atoms with Crippen molar-refractivity contribution in [1.29, 1.82) is 0 Å². The van der Waals surface area contributed by atoms with E-state index in [-0.39, 0.29) is 11.5 Å². The van der Waals surface area contributed by atoms with Crippen molar-refractivity contribution in [3.63, 3.8) is 0 Å². The van der Waals surface area contributed by atoms with E-state index in [0.29, 0.717) is 11.5 Å². The van der Waals surface area contributed by atoms with Crippen molar-refractivity contribution in [2.75, 3.05) is 6.54 Å². The highest BCUT2D eigenvalue weighted by Crippen LogP contribution is 2.47. The molecular formula is C15H20N2O2. The fourth-order valence-electron chi connectivity index (χ4n) is 3.68. The van der Waals surface area contributed by atoms with Crippen LogP contribution in [0.5, 0.6) is 0 Å². The van der Waals surface area contributed by atoms with Crippen LogP contribution in [-0.2, 0) is 7.05 Å². The van der Waals surface area contributed by atoms with Gasteiger partial charge in [0.25, 0.3) is 5.91 Å². The zero-order chi connectivity index (χ0) is 13.4. The smallest absolute Gasteiger partial charge is 0.252 e. The first-order valence-electron chi connectivity index (χ1n) is 7.08. The van der Waals surface area contributed by atoms with Crippen molar-refractivity contribution in [2.45, 2.75) is 25.7 Å². The first-order valence-corrected chi connectivity index (χ1v) is 7.08. The lowest BCUT2D eigenvalue weighted by Crippen LogP contribution is -2.32. The van der Waals surface area contributed by atoms with E-state index in [1.54, 1.807) is 19.3 Å². The average Bonchev–Trinajstić information content (AvgIpc) is 3.01. The van der Waals surface area contributed by atoms with Crippen molar-refractivity contribution in [2.24, 2.45) is 24.8 Å². The molecule has 1 aromatic heterocycles. The fraction of sp³-hybridized carbons (Fsp3) is 0.600. The molecule has 19 heavy (non-hydrogen) atoms. The molecule has 0 radical (unpaired) electrons. The predicted octanol–water partition coefficient (Wildman–Crippen LogP) is 1.55. The van der Waals surface area contributed by atoms with Crippen LogP contribution in [0, 0.1) is 17.8 Å². The largest absolute Gasteiger partial charge is 0.352 e. The highest BCUT2D eigenvalue weighted by atomic mass is 16.2. The van der Waals surface area contributed by atoms with Crippen LogP contribution in [0.15, 0.2) is 23.1 Å². The zero-order valence-corrected chi connectivity index (χ0v) is 11.3. The molecule has 1 heterocycles. The third-order valence-electron chi connectivity index (χ3n) is 4.76. The molecule has 3 atom stereocenters. The standard InChI is InChI=1S/C15H20N2O2/c1-17-9-12(4-5-14(17)18)15(19)16-8-13-7-10-2-3-11(13)6-10/h4-5,9-11,13H,2-3,6-8H2,1H3,(H,16,19)/t10-,11-,13-/m0/s1. The van der Waals surface area contributed by atoms with Crippen LogP contribution in [0.1, 0.15) is 36.0 Å². The lowest BCUT2D eigenvalue weighted by molar-refractivity contribution is 0.0941. The molecule has 4 nitrogen and oxygen atoms in total. The fourth-order valence-corrected chi connectivity index (χ4v) is 3.68. The first-order chi connectivity index (χ1) is 9.13. The summed E-state index contributed by atoms with van der Waals surface area (Å²) in [6.45, 7) is 0.781. The second kappa shape index (κ2) is 4.83. The van der Waals surface area contributed by atoms with Crippen LogP contribution in [0.25, 0.3) is 0 Å². The quantitative estimate of drug-likeness (QED) is 0.896. The van der Waals surface area contributed by atoms with Gasteiger partial charge in [0.2, 0.25) is 5.56 Å². The molecule has 0 saturated heterocycles. The number of hydrogen-bond acceptors (Lipinski definition) is 2. The molecule has 3 rings (SSSR count). The Balaban J connectivity index is 1.59. The number of fused-ring (bicyclic) bond motifs is 2. The van der Waals surface area contributed by atoms with Gasteiger partial charge in [0.05, 0.1) is 5.56 Å². The van der Waals surface area contributed by atoms with Crippen LogP contribution in [0.4, 0.5) is 0 Å². The number of nitrogens with zero attached hydrogens (tertiary/aromatic N) is 1.